The van der Waals surface area contributed by atoms with Crippen molar-refractivity contribution in [3.63, 3.8) is 0 Å². The van der Waals surface area contributed by atoms with Crippen LogP contribution in [-0.2, 0) is 16.5 Å². The molecule has 8 heavy (non-hydrogen) atoms. The van der Waals surface area contributed by atoms with Crippen molar-refractivity contribution in [2.24, 2.45) is 0 Å². The third-order valence-electron chi connectivity index (χ3n) is 0.681. The van der Waals surface area contributed by atoms with Gasteiger partial charge in [0.05, 0.1) is 0 Å². The van der Waals surface area contributed by atoms with Gasteiger partial charge in [0.25, 0.3) is 0 Å². The van der Waals surface area contributed by atoms with E-state index in [-0.39, 0.29) is 22.2 Å². The van der Waals surface area contributed by atoms with Crippen LogP contribution in [0.4, 0.5) is 0 Å². The van der Waals surface area contributed by atoms with E-state index in [2.05, 4.69) is 6.07 Å². The number of hydrogen-bond acceptors (Lipinski definition) is 1. The van der Waals surface area contributed by atoms with Crippen LogP contribution < -0.4 is 5.11 Å². The average Bonchev–Trinajstić information content (AvgIpc) is 1.69. The Balaban J connectivity index is 0.000000490. The zero-order valence-electron chi connectivity index (χ0n) is 4.03. The summed E-state index contributed by atoms with van der Waals surface area (Å²) in [4.78, 5) is 0. The fourth-order valence-electron chi connectivity index (χ4n) is 0.377. The van der Waals surface area contributed by atoms with Gasteiger partial charge in [0.15, 0.2) is 0 Å². The molecule has 0 atom stereocenters. The molecule has 0 aliphatic rings. The van der Waals surface area contributed by atoms with E-state index in [4.69, 9.17) is 0 Å². The smallest absolute Gasteiger partial charge is 0.891 e. The maximum absolute atomic E-state index is 10.2. The van der Waals surface area contributed by atoms with Gasteiger partial charge in [0.2, 0.25) is 0 Å². The summed E-state index contributed by atoms with van der Waals surface area (Å²) < 4.78 is 0. The van der Waals surface area contributed by atoms with Crippen molar-refractivity contribution in [1.29, 1.82) is 0 Å². The summed E-state index contributed by atoms with van der Waals surface area (Å²) in [6.07, 6.45) is 0. The Bertz CT molecular complexity index is 138. The van der Waals surface area contributed by atoms with E-state index in [9.17, 15) is 5.11 Å². The molecule has 0 N–H and O–H groups in total. The second-order valence-electron chi connectivity index (χ2n) is 1.23. The minimum absolute atomic E-state index is 0. The predicted octanol–water partition coefficient (Wildman–Crippen LogP) is 0.558. The van der Waals surface area contributed by atoms with Gasteiger partial charge in [-0.1, -0.05) is 0 Å². The second kappa shape index (κ2) is 3.51. The normalized spacial score (nSPS) is 7.50. The van der Waals surface area contributed by atoms with Gasteiger partial charge in [-0.2, -0.15) is 30.3 Å². The van der Waals surface area contributed by atoms with E-state index in [1.54, 1.807) is 18.2 Å². The Morgan fingerprint density at radius 2 is 2.12 bits per heavy atom. The third-order valence-corrected chi connectivity index (χ3v) is 0.681. The first kappa shape index (κ1) is 7.51. The van der Waals surface area contributed by atoms with Gasteiger partial charge >= 0.3 is 16.5 Å². The first-order chi connectivity index (χ1) is 3.39. The van der Waals surface area contributed by atoms with Crippen molar-refractivity contribution in [2.45, 2.75) is 0 Å². The summed E-state index contributed by atoms with van der Waals surface area (Å²) in [6, 6.07) is 9.01. The quantitative estimate of drug-likeness (QED) is 0.392. The molecule has 0 spiro atoms. The molecule has 0 bridgehead atoms. The van der Waals surface area contributed by atoms with E-state index >= 15 is 0 Å². The summed E-state index contributed by atoms with van der Waals surface area (Å²) >= 11 is 0. The van der Waals surface area contributed by atoms with Gasteiger partial charge in [-0.15, -0.1) is 0 Å². The second-order valence-corrected chi connectivity index (χ2v) is 1.23. The molecule has 2 heteroatoms. The minimum Gasteiger partial charge on any atom is -0.891 e. The molecule has 0 aliphatic heterocycles. The molecule has 44 valence electrons. The monoisotopic (exact) mass is 150 g/mol. The molecule has 0 saturated heterocycles. The summed E-state index contributed by atoms with van der Waals surface area (Å²) in [5.74, 6) is -0.0532. The van der Waals surface area contributed by atoms with Gasteiger partial charge in [-0.25, -0.2) is 5.75 Å². The zero-order valence-corrected chi connectivity index (χ0v) is 5.02. The van der Waals surface area contributed by atoms with Gasteiger partial charge in [0, 0.05) is 0 Å². The molecule has 0 amide bonds. The Morgan fingerprint density at radius 3 is 2.38 bits per heavy atom. The van der Waals surface area contributed by atoms with E-state index in [1.165, 1.54) is 6.07 Å². The van der Waals surface area contributed by atoms with Crippen LogP contribution in [0.2, 0.25) is 0 Å². The van der Waals surface area contributed by atoms with Crippen LogP contribution in [0.3, 0.4) is 0 Å². The van der Waals surface area contributed by atoms with E-state index in [0.717, 1.165) is 0 Å². The van der Waals surface area contributed by atoms with Crippen molar-refractivity contribution in [2.75, 3.05) is 0 Å². The van der Waals surface area contributed by atoms with Crippen LogP contribution in [0.5, 0.6) is 5.75 Å². The van der Waals surface area contributed by atoms with Crippen molar-refractivity contribution in [1.82, 2.24) is 0 Å². The largest absolute Gasteiger partial charge is 2.00 e. The van der Waals surface area contributed by atoms with Crippen LogP contribution in [0.1, 0.15) is 0 Å². The summed E-state index contributed by atoms with van der Waals surface area (Å²) in [5, 5.41) is 10.2. The number of benzene rings is 1. The van der Waals surface area contributed by atoms with Gasteiger partial charge in [-0.3, -0.25) is 0 Å². The fraction of sp³-hybridized carbons (Fsp3) is 0. The summed E-state index contributed by atoms with van der Waals surface area (Å²) in [6.45, 7) is 0. The molecule has 0 saturated carbocycles. The molecule has 1 rings (SSSR count). The van der Waals surface area contributed by atoms with E-state index < -0.39 is 0 Å². The van der Waals surface area contributed by atoms with Crippen molar-refractivity contribution >= 4 is 0 Å². The molecule has 1 nitrogen and oxygen atoms in total. The number of para-hydroxylation sites is 1. The Labute approximate surface area is 58.3 Å². The van der Waals surface area contributed by atoms with E-state index in [0.29, 0.717) is 0 Å². The van der Waals surface area contributed by atoms with Gasteiger partial charge in [-0.05, 0) is 0 Å². The van der Waals surface area contributed by atoms with Crippen molar-refractivity contribution < 1.29 is 21.6 Å². The Kier molecular flexibility index (Phi) is 3.29. The topological polar surface area (TPSA) is 23.1 Å². The van der Waals surface area contributed by atoms with Crippen LogP contribution in [-0.4, -0.2) is 0 Å². The first-order valence-corrected chi connectivity index (χ1v) is 2.03. The predicted molar refractivity (Wildman–Crippen MR) is 24.7 cm³/mol. The maximum Gasteiger partial charge on any atom is 2.00 e. The average molecular weight is 151 g/mol. The molecule has 0 heterocycles. The van der Waals surface area contributed by atoms with Gasteiger partial charge in [0.1, 0.15) is 0 Å². The zero-order chi connectivity index (χ0) is 5.11. The molecular weight excluding hydrogens is 147 g/mol. The van der Waals surface area contributed by atoms with E-state index in [1.807, 2.05) is 0 Å². The van der Waals surface area contributed by atoms with Crippen molar-refractivity contribution in [3.05, 3.63) is 30.3 Å². The van der Waals surface area contributed by atoms with Crippen LogP contribution >= 0.6 is 0 Å². The first-order valence-electron chi connectivity index (χ1n) is 2.03. The van der Waals surface area contributed by atoms with Crippen LogP contribution in [0.15, 0.2) is 24.3 Å². The van der Waals surface area contributed by atoms with Crippen LogP contribution in [0, 0.1) is 6.07 Å². The maximum atomic E-state index is 10.2. The van der Waals surface area contributed by atoms with Crippen molar-refractivity contribution in [3.8, 4) is 5.75 Å². The SMILES string of the molecule is [Ni+2].[O-]c1[c-]cccc1. The molecule has 0 radical (unpaired) electrons. The number of rotatable bonds is 0. The molecule has 0 aliphatic carbocycles. The summed E-state index contributed by atoms with van der Waals surface area (Å²) in [5.41, 5.74) is 0. The molecule has 1 aromatic carbocycles. The molecule has 1 aromatic rings. The molecule has 0 aromatic heterocycles. The Morgan fingerprint density at radius 1 is 1.38 bits per heavy atom. The fourth-order valence-corrected chi connectivity index (χ4v) is 0.377. The number of hydrogen-bond donors (Lipinski definition) is 0. The molecule has 0 unspecified atom stereocenters. The Hall–Kier alpha value is -0.486. The standard InChI is InChI=1S/C6H5O.Ni/c7-6-4-2-1-3-5-6;/h1-4,7H;/q-1;+2/p-1. The molecular formula is C6H4NiO. The minimum atomic E-state index is -0.0532. The van der Waals surface area contributed by atoms with Crippen LogP contribution in [0.25, 0.3) is 0 Å². The summed E-state index contributed by atoms with van der Waals surface area (Å²) in [7, 11) is 0. The third kappa shape index (κ3) is 1.99. The van der Waals surface area contributed by atoms with Gasteiger partial charge < -0.3 is 5.11 Å². The molecule has 0 fully saturated rings.